The Hall–Kier alpha value is -2.63. The molecule has 2 rings (SSSR count). The van der Waals surface area contributed by atoms with Gasteiger partial charge in [-0.3, -0.25) is 19.1 Å². The first-order valence-electron chi connectivity index (χ1n) is 9.08. The molecule has 6 heteroatoms. The minimum Gasteiger partial charge on any atom is -0.370 e. The Kier molecular flexibility index (Phi) is 6.95. The number of hydrogen-bond donors (Lipinski definition) is 2. The summed E-state index contributed by atoms with van der Waals surface area (Å²) in [5.41, 5.74) is 6.96. The third kappa shape index (κ3) is 5.18. The van der Waals surface area contributed by atoms with Gasteiger partial charge in [-0.1, -0.05) is 50.6 Å². The predicted octanol–water partition coefficient (Wildman–Crippen LogP) is 2.30. The van der Waals surface area contributed by atoms with Gasteiger partial charge < -0.3 is 5.73 Å². The fraction of sp³-hybridized carbons (Fsp3) is 0.450. The predicted molar refractivity (Wildman–Crippen MR) is 102 cm³/mol. The maximum Gasteiger partial charge on any atom is 0.328 e. The van der Waals surface area contributed by atoms with Crippen LogP contribution in [-0.4, -0.2) is 15.5 Å². The number of unbranched alkanes of at least 4 members (excludes halogenated alkanes) is 2. The van der Waals surface area contributed by atoms with Gasteiger partial charge in [-0.05, 0) is 24.3 Å². The number of aromatic amines is 1. The molecule has 0 aliphatic heterocycles. The number of nitrogens with zero attached hydrogens (tertiary/aromatic N) is 1. The number of amides is 1. The van der Waals surface area contributed by atoms with E-state index in [0.29, 0.717) is 31.4 Å². The van der Waals surface area contributed by atoms with Crippen molar-refractivity contribution >= 4 is 5.91 Å². The summed E-state index contributed by atoms with van der Waals surface area (Å²) >= 11 is 0. The Labute approximate surface area is 153 Å². The SMILES string of the molecule is CC(C)c1c(Cc2ccccc2)n(CCCCCC(N)=O)c(=O)[nH]c1=O. The fourth-order valence-electron chi connectivity index (χ4n) is 3.19. The van der Waals surface area contributed by atoms with Gasteiger partial charge in [0.15, 0.2) is 0 Å². The average molecular weight is 357 g/mol. The third-order valence-electron chi connectivity index (χ3n) is 4.44. The largest absolute Gasteiger partial charge is 0.370 e. The van der Waals surface area contributed by atoms with Crippen LogP contribution in [0.5, 0.6) is 0 Å². The van der Waals surface area contributed by atoms with E-state index in [4.69, 9.17) is 5.73 Å². The van der Waals surface area contributed by atoms with Crippen LogP contribution in [0, 0.1) is 0 Å². The molecule has 0 atom stereocenters. The van der Waals surface area contributed by atoms with Crippen LogP contribution in [0.25, 0.3) is 0 Å². The lowest BCUT2D eigenvalue weighted by Gasteiger charge is -2.18. The molecule has 2 aromatic rings. The van der Waals surface area contributed by atoms with Crippen molar-refractivity contribution in [1.82, 2.24) is 9.55 Å². The number of nitrogens with one attached hydrogen (secondary N) is 1. The Morgan fingerprint density at radius 3 is 2.42 bits per heavy atom. The number of benzene rings is 1. The molecule has 3 N–H and O–H groups in total. The maximum atomic E-state index is 12.4. The van der Waals surface area contributed by atoms with Gasteiger partial charge in [0, 0.05) is 30.6 Å². The Bertz CT molecular complexity index is 851. The molecule has 0 spiro atoms. The zero-order valence-electron chi connectivity index (χ0n) is 15.5. The van der Waals surface area contributed by atoms with Gasteiger partial charge in [0.1, 0.15) is 0 Å². The topological polar surface area (TPSA) is 97.9 Å². The van der Waals surface area contributed by atoms with Crippen LogP contribution >= 0.6 is 0 Å². The van der Waals surface area contributed by atoms with Crippen molar-refractivity contribution in [3.8, 4) is 0 Å². The smallest absolute Gasteiger partial charge is 0.328 e. The van der Waals surface area contributed by atoms with E-state index in [1.54, 1.807) is 4.57 Å². The number of carbonyl (C=O) groups excluding carboxylic acids is 1. The van der Waals surface area contributed by atoms with Gasteiger partial charge in [0.05, 0.1) is 0 Å². The van der Waals surface area contributed by atoms with Crippen molar-refractivity contribution in [3.63, 3.8) is 0 Å². The standard InChI is InChI=1S/C20H27N3O3/c1-14(2)18-16(13-15-9-5-3-6-10-15)23(20(26)22-19(18)25)12-8-4-7-11-17(21)24/h3,5-6,9-10,14H,4,7-8,11-13H2,1-2H3,(H2,21,24)(H,22,25,26). The highest BCUT2D eigenvalue weighted by Crippen LogP contribution is 2.18. The number of hydrogen-bond acceptors (Lipinski definition) is 3. The van der Waals surface area contributed by atoms with Crippen molar-refractivity contribution in [2.75, 3.05) is 0 Å². The summed E-state index contributed by atoms with van der Waals surface area (Å²) in [6.07, 6.45) is 3.15. The first-order valence-corrected chi connectivity index (χ1v) is 9.08. The van der Waals surface area contributed by atoms with E-state index < -0.39 is 0 Å². The summed E-state index contributed by atoms with van der Waals surface area (Å²) < 4.78 is 1.67. The van der Waals surface area contributed by atoms with Crippen LogP contribution < -0.4 is 17.0 Å². The molecule has 6 nitrogen and oxygen atoms in total. The molecule has 0 bridgehead atoms. The number of H-pyrrole nitrogens is 1. The van der Waals surface area contributed by atoms with Gasteiger partial charge in [0.2, 0.25) is 5.91 Å². The Morgan fingerprint density at radius 2 is 1.81 bits per heavy atom. The first kappa shape index (κ1) is 19.7. The van der Waals surface area contributed by atoms with Crippen molar-refractivity contribution in [2.24, 2.45) is 5.73 Å². The highest BCUT2D eigenvalue weighted by molar-refractivity contribution is 5.73. The van der Waals surface area contributed by atoms with Gasteiger partial charge >= 0.3 is 5.69 Å². The number of aromatic nitrogens is 2. The molecular weight excluding hydrogens is 330 g/mol. The lowest BCUT2D eigenvalue weighted by molar-refractivity contribution is -0.118. The van der Waals surface area contributed by atoms with Crippen LogP contribution in [0.4, 0.5) is 0 Å². The Balaban J connectivity index is 2.32. The molecule has 1 heterocycles. The van der Waals surface area contributed by atoms with E-state index in [9.17, 15) is 14.4 Å². The zero-order valence-corrected chi connectivity index (χ0v) is 15.5. The van der Waals surface area contributed by atoms with Gasteiger partial charge in [-0.25, -0.2) is 4.79 Å². The van der Waals surface area contributed by atoms with Crippen LogP contribution in [0.15, 0.2) is 39.9 Å². The summed E-state index contributed by atoms with van der Waals surface area (Å²) in [6.45, 7) is 4.43. The Morgan fingerprint density at radius 1 is 1.12 bits per heavy atom. The zero-order chi connectivity index (χ0) is 19.1. The van der Waals surface area contributed by atoms with Gasteiger partial charge in [-0.2, -0.15) is 0 Å². The molecule has 0 aliphatic carbocycles. The molecule has 0 fully saturated rings. The minimum absolute atomic E-state index is 0.0131. The summed E-state index contributed by atoms with van der Waals surface area (Å²) in [4.78, 5) is 38.1. The number of nitrogens with two attached hydrogens (primary N) is 1. The second-order valence-corrected chi connectivity index (χ2v) is 6.87. The summed E-state index contributed by atoms with van der Waals surface area (Å²) in [7, 11) is 0. The molecule has 0 saturated heterocycles. The number of primary amides is 1. The monoisotopic (exact) mass is 357 g/mol. The normalized spacial score (nSPS) is 11.0. The highest BCUT2D eigenvalue weighted by Gasteiger charge is 2.17. The molecule has 1 amide bonds. The third-order valence-corrected chi connectivity index (χ3v) is 4.44. The first-order chi connectivity index (χ1) is 12.4. The molecule has 0 saturated carbocycles. The number of carbonyl (C=O) groups is 1. The fourth-order valence-corrected chi connectivity index (χ4v) is 3.19. The molecule has 1 aromatic carbocycles. The molecule has 0 radical (unpaired) electrons. The molecule has 1 aromatic heterocycles. The van der Waals surface area contributed by atoms with Crippen LogP contribution in [0.3, 0.4) is 0 Å². The minimum atomic E-state index is -0.375. The van der Waals surface area contributed by atoms with E-state index in [1.165, 1.54) is 0 Å². The van der Waals surface area contributed by atoms with Crippen LogP contribution in [0.2, 0.25) is 0 Å². The molecule has 0 unspecified atom stereocenters. The summed E-state index contributed by atoms with van der Waals surface area (Å²) in [5.74, 6) is -0.294. The van der Waals surface area contributed by atoms with Crippen molar-refractivity contribution in [2.45, 2.75) is 58.4 Å². The van der Waals surface area contributed by atoms with Gasteiger partial charge in [-0.15, -0.1) is 0 Å². The van der Waals surface area contributed by atoms with E-state index in [0.717, 1.165) is 24.1 Å². The highest BCUT2D eigenvalue weighted by atomic mass is 16.2. The maximum absolute atomic E-state index is 12.4. The molecule has 0 aliphatic rings. The lowest BCUT2D eigenvalue weighted by atomic mass is 9.98. The van der Waals surface area contributed by atoms with Crippen molar-refractivity contribution in [1.29, 1.82) is 0 Å². The van der Waals surface area contributed by atoms with Crippen molar-refractivity contribution < 1.29 is 4.79 Å². The lowest BCUT2D eigenvalue weighted by Crippen LogP contribution is -2.36. The van der Waals surface area contributed by atoms with Gasteiger partial charge in [0.25, 0.3) is 5.56 Å². The van der Waals surface area contributed by atoms with E-state index >= 15 is 0 Å². The van der Waals surface area contributed by atoms with Crippen molar-refractivity contribution in [3.05, 3.63) is 68.0 Å². The molecule has 140 valence electrons. The summed E-state index contributed by atoms with van der Waals surface area (Å²) in [6, 6.07) is 9.82. The molecular formula is C20H27N3O3. The van der Waals surface area contributed by atoms with E-state index in [1.807, 2.05) is 44.2 Å². The second-order valence-electron chi connectivity index (χ2n) is 6.87. The second kappa shape index (κ2) is 9.17. The summed E-state index contributed by atoms with van der Waals surface area (Å²) in [5, 5.41) is 0. The van der Waals surface area contributed by atoms with Crippen LogP contribution in [0.1, 0.15) is 62.3 Å². The van der Waals surface area contributed by atoms with Crippen LogP contribution in [-0.2, 0) is 17.8 Å². The molecule has 26 heavy (non-hydrogen) atoms. The average Bonchev–Trinajstić information content (AvgIpc) is 2.57. The van der Waals surface area contributed by atoms with E-state index in [-0.39, 0.29) is 23.1 Å². The quantitative estimate of drug-likeness (QED) is 0.674. The van der Waals surface area contributed by atoms with E-state index in [2.05, 4.69) is 4.98 Å². The number of rotatable bonds is 9.